The number of hydrogen-bond acceptors (Lipinski definition) is 2. The molecule has 1 aromatic heterocycles. The Labute approximate surface area is 372 Å². The van der Waals surface area contributed by atoms with Crippen LogP contribution in [0.4, 0.5) is 17.1 Å². The van der Waals surface area contributed by atoms with Crippen molar-refractivity contribution in [2.45, 2.75) is 19.3 Å². The van der Waals surface area contributed by atoms with Crippen molar-refractivity contribution >= 4 is 59.3 Å². The molecule has 0 amide bonds. The van der Waals surface area contributed by atoms with Crippen molar-refractivity contribution in [3.05, 3.63) is 236 Å². The van der Waals surface area contributed by atoms with E-state index in [1.165, 1.54) is 97.7 Å². The third-order valence-corrected chi connectivity index (χ3v) is 14.4. The highest BCUT2D eigenvalue weighted by Gasteiger charge is 2.35. The van der Waals surface area contributed by atoms with Gasteiger partial charge in [0.05, 0.1) is 0 Å². The maximum Gasteiger partial charge on any atom is 0.0462 e. The van der Waals surface area contributed by atoms with Gasteiger partial charge in [0.15, 0.2) is 0 Å². The first-order valence-electron chi connectivity index (χ1n) is 21.8. The maximum absolute atomic E-state index is 2.41. The van der Waals surface area contributed by atoms with Crippen LogP contribution in [0.15, 0.2) is 224 Å². The average molecular weight is 822 g/mol. The number of benzene rings is 10. The van der Waals surface area contributed by atoms with Crippen molar-refractivity contribution < 1.29 is 0 Å². The van der Waals surface area contributed by atoms with Crippen LogP contribution in [0.3, 0.4) is 0 Å². The summed E-state index contributed by atoms with van der Waals surface area (Å²) < 4.78 is 2.65. The molecule has 10 aromatic carbocycles. The molecular weight excluding hydrogens is 779 g/mol. The smallest absolute Gasteiger partial charge is 0.0462 e. The summed E-state index contributed by atoms with van der Waals surface area (Å²) in [6.07, 6.45) is 0. The van der Waals surface area contributed by atoms with Gasteiger partial charge >= 0.3 is 0 Å². The molecule has 0 atom stereocenters. The highest BCUT2D eigenvalue weighted by molar-refractivity contribution is 7.25. The van der Waals surface area contributed by atoms with Crippen LogP contribution in [-0.4, -0.2) is 0 Å². The van der Waals surface area contributed by atoms with Crippen LogP contribution in [0.2, 0.25) is 0 Å². The van der Waals surface area contributed by atoms with Crippen molar-refractivity contribution in [2.24, 2.45) is 0 Å². The Morgan fingerprint density at radius 1 is 0.317 bits per heavy atom. The molecule has 2 heteroatoms. The molecule has 1 heterocycles. The van der Waals surface area contributed by atoms with E-state index < -0.39 is 0 Å². The molecule has 0 fully saturated rings. The standard InChI is InChI=1S/C61H43NS/c1-61(2)57-16-7-5-14-53(57)54-34-26-48(38-58(54)61)42-22-30-51(31-23-42)62(52-32-24-43(25-33-52)49-27-35-56-55-15-6-8-17-59(55)63-60(56)39-49)50-28-20-41(21-29-50)45-12-9-13-46(36-45)47-19-18-40-10-3-4-11-44(40)37-47/h3-39H,1-2H3. The second-order valence-corrected chi connectivity index (χ2v) is 18.4. The van der Waals surface area contributed by atoms with E-state index in [1.807, 2.05) is 11.3 Å². The minimum Gasteiger partial charge on any atom is -0.311 e. The summed E-state index contributed by atoms with van der Waals surface area (Å²) in [5.41, 5.74) is 18.5. The van der Waals surface area contributed by atoms with Gasteiger partial charge in [-0.1, -0.05) is 172 Å². The van der Waals surface area contributed by atoms with Crippen LogP contribution < -0.4 is 4.90 Å². The predicted octanol–water partition coefficient (Wildman–Crippen LogP) is 17.7. The molecular formula is C61H43NS. The molecule has 0 N–H and O–H groups in total. The van der Waals surface area contributed by atoms with Crippen LogP contribution in [0.1, 0.15) is 25.0 Å². The molecule has 12 rings (SSSR count). The number of anilines is 3. The largest absolute Gasteiger partial charge is 0.311 e. The summed E-state index contributed by atoms with van der Waals surface area (Å²) in [4.78, 5) is 2.38. The third kappa shape index (κ3) is 6.45. The molecule has 0 aliphatic heterocycles. The molecule has 11 aromatic rings. The highest BCUT2D eigenvalue weighted by Crippen LogP contribution is 2.50. The number of fused-ring (bicyclic) bond motifs is 7. The minimum atomic E-state index is -0.0433. The molecule has 0 unspecified atom stereocenters. The molecule has 0 radical (unpaired) electrons. The van der Waals surface area contributed by atoms with Gasteiger partial charge in [-0.25, -0.2) is 0 Å². The second kappa shape index (κ2) is 14.8. The van der Waals surface area contributed by atoms with Gasteiger partial charge in [-0.05, 0) is 144 Å². The van der Waals surface area contributed by atoms with Crippen LogP contribution in [-0.2, 0) is 5.41 Å². The Hall–Kier alpha value is -7.52. The molecule has 63 heavy (non-hydrogen) atoms. The lowest BCUT2D eigenvalue weighted by Crippen LogP contribution is -2.14. The van der Waals surface area contributed by atoms with Crippen LogP contribution in [0.25, 0.3) is 86.6 Å². The van der Waals surface area contributed by atoms with E-state index in [9.17, 15) is 0 Å². The fraction of sp³-hybridized carbons (Fsp3) is 0.0492. The van der Waals surface area contributed by atoms with Gasteiger partial charge in [-0.3, -0.25) is 0 Å². The van der Waals surface area contributed by atoms with Crippen molar-refractivity contribution in [3.63, 3.8) is 0 Å². The lowest BCUT2D eigenvalue weighted by Gasteiger charge is -2.26. The summed E-state index contributed by atoms with van der Waals surface area (Å²) in [6, 6.07) is 82.9. The van der Waals surface area contributed by atoms with Crippen molar-refractivity contribution in [3.8, 4) is 55.6 Å². The lowest BCUT2D eigenvalue weighted by molar-refractivity contribution is 0.660. The summed E-state index contributed by atoms with van der Waals surface area (Å²) in [7, 11) is 0. The normalized spacial score (nSPS) is 12.7. The van der Waals surface area contributed by atoms with E-state index in [-0.39, 0.29) is 5.41 Å². The third-order valence-electron chi connectivity index (χ3n) is 13.3. The first-order valence-corrected chi connectivity index (χ1v) is 22.6. The Bertz CT molecular complexity index is 3520. The Morgan fingerprint density at radius 3 is 1.52 bits per heavy atom. The number of hydrogen-bond donors (Lipinski definition) is 0. The van der Waals surface area contributed by atoms with Crippen molar-refractivity contribution in [2.75, 3.05) is 4.90 Å². The number of thiophene rings is 1. The van der Waals surface area contributed by atoms with E-state index >= 15 is 0 Å². The lowest BCUT2D eigenvalue weighted by atomic mass is 9.81. The SMILES string of the molecule is CC1(C)c2ccccc2-c2ccc(-c3ccc(N(c4ccc(-c5cccc(-c6ccc7ccccc7c6)c5)cc4)c4ccc(-c5ccc6c(c5)sc5ccccc56)cc4)cc3)cc21. The summed E-state index contributed by atoms with van der Waals surface area (Å²) >= 11 is 1.87. The Morgan fingerprint density at radius 2 is 0.810 bits per heavy atom. The topological polar surface area (TPSA) is 3.24 Å². The van der Waals surface area contributed by atoms with E-state index in [0.717, 1.165) is 17.1 Å². The average Bonchev–Trinajstić information content (AvgIpc) is 3.83. The van der Waals surface area contributed by atoms with Gasteiger partial charge in [0.2, 0.25) is 0 Å². The maximum atomic E-state index is 2.41. The van der Waals surface area contributed by atoms with E-state index in [2.05, 4.69) is 243 Å². The second-order valence-electron chi connectivity index (χ2n) is 17.4. The van der Waals surface area contributed by atoms with E-state index in [1.54, 1.807) is 0 Å². The summed E-state index contributed by atoms with van der Waals surface area (Å²) in [5.74, 6) is 0. The zero-order chi connectivity index (χ0) is 42.1. The quantitative estimate of drug-likeness (QED) is 0.155. The molecule has 1 aliphatic carbocycles. The highest BCUT2D eigenvalue weighted by atomic mass is 32.1. The van der Waals surface area contributed by atoms with Crippen LogP contribution in [0, 0.1) is 0 Å². The van der Waals surface area contributed by atoms with Gasteiger partial charge in [0.25, 0.3) is 0 Å². The zero-order valence-electron chi connectivity index (χ0n) is 35.2. The van der Waals surface area contributed by atoms with Gasteiger partial charge in [-0.15, -0.1) is 11.3 Å². The molecule has 0 saturated heterocycles. The molecule has 298 valence electrons. The monoisotopic (exact) mass is 821 g/mol. The van der Waals surface area contributed by atoms with Crippen LogP contribution in [0.5, 0.6) is 0 Å². The zero-order valence-corrected chi connectivity index (χ0v) is 36.0. The van der Waals surface area contributed by atoms with E-state index in [4.69, 9.17) is 0 Å². The van der Waals surface area contributed by atoms with Gasteiger partial charge in [-0.2, -0.15) is 0 Å². The van der Waals surface area contributed by atoms with Crippen molar-refractivity contribution in [1.82, 2.24) is 0 Å². The van der Waals surface area contributed by atoms with Gasteiger partial charge < -0.3 is 4.90 Å². The fourth-order valence-electron chi connectivity index (χ4n) is 9.89. The van der Waals surface area contributed by atoms with Gasteiger partial charge in [0.1, 0.15) is 0 Å². The first-order chi connectivity index (χ1) is 30.9. The van der Waals surface area contributed by atoms with E-state index in [0.29, 0.717) is 0 Å². The molecule has 1 aliphatic rings. The predicted molar refractivity (Wildman–Crippen MR) is 271 cm³/mol. The molecule has 0 saturated carbocycles. The summed E-state index contributed by atoms with van der Waals surface area (Å²) in [6.45, 7) is 4.70. The Kier molecular flexibility index (Phi) is 8.77. The number of nitrogens with zero attached hydrogens (tertiary/aromatic N) is 1. The fourth-order valence-corrected chi connectivity index (χ4v) is 11.0. The number of rotatable bonds is 7. The minimum absolute atomic E-state index is 0.0433. The Balaban J connectivity index is 0.894. The van der Waals surface area contributed by atoms with Crippen LogP contribution >= 0.6 is 11.3 Å². The molecule has 1 nitrogen and oxygen atoms in total. The summed E-state index contributed by atoms with van der Waals surface area (Å²) in [5, 5.41) is 5.16. The molecule has 0 spiro atoms. The first kappa shape index (κ1) is 37.3. The molecule has 0 bridgehead atoms. The van der Waals surface area contributed by atoms with Crippen molar-refractivity contribution in [1.29, 1.82) is 0 Å². The van der Waals surface area contributed by atoms with Gasteiger partial charge in [0, 0.05) is 42.6 Å².